The highest BCUT2D eigenvalue weighted by Crippen LogP contribution is 2.21. The van der Waals surface area contributed by atoms with Crippen LogP contribution in [0.5, 0.6) is 0 Å². The van der Waals surface area contributed by atoms with E-state index in [4.69, 9.17) is 5.73 Å². The first-order valence-corrected chi connectivity index (χ1v) is 3.59. The van der Waals surface area contributed by atoms with E-state index in [0.717, 1.165) is 12.1 Å². The molecule has 1 nitrogen and oxygen atoms in total. The van der Waals surface area contributed by atoms with Crippen LogP contribution in [0.15, 0.2) is 24.8 Å². The number of hydrogen-bond donors (Lipinski definition) is 1. The number of halogens is 4. The Morgan fingerprint density at radius 2 is 1.71 bits per heavy atom. The maximum atomic E-state index is 13.0. The van der Waals surface area contributed by atoms with Gasteiger partial charge in [-0.15, -0.1) is 19.0 Å². The average Bonchev–Trinajstić information content (AvgIpc) is 2.12. The third-order valence-electron chi connectivity index (χ3n) is 1.67. The summed E-state index contributed by atoms with van der Waals surface area (Å²) in [5, 5.41) is 0. The van der Waals surface area contributed by atoms with E-state index in [1.165, 1.54) is 0 Å². The summed E-state index contributed by atoms with van der Waals surface area (Å²) in [5.74, 6) is -3.24. The van der Waals surface area contributed by atoms with Gasteiger partial charge in [-0.1, -0.05) is 6.08 Å². The van der Waals surface area contributed by atoms with Crippen molar-refractivity contribution < 1.29 is 13.2 Å². The predicted octanol–water partition coefficient (Wildman–Crippen LogP) is 2.71. The van der Waals surface area contributed by atoms with Crippen LogP contribution in [-0.4, -0.2) is 0 Å². The molecule has 1 aromatic carbocycles. The molecule has 0 fully saturated rings. The molecule has 0 spiro atoms. The van der Waals surface area contributed by atoms with Crippen molar-refractivity contribution in [2.24, 2.45) is 5.73 Å². The van der Waals surface area contributed by atoms with Gasteiger partial charge in [0.2, 0.25) is 0 Å². The molecular formula is C9H9ClF3N. The Bertz CT molecular complexity index is 341. The van der Waals surface area contributed by atoms with Crippen LogP contribution in [0, 0.1) is 17.5 Å². The van der Waals surface area contributed by atoms with Gasteiger partial charge in [-0.25, -0.2) is 13.2 Å². The Morgan fingerprint density at radius 3 is 2.21 bits per heavy atom. The van der Waals surface area contributed by atoms with E-state index in [-0.39, 0.29) is 12.4 Å². The number of benzene rings is 1. The van der Waals surface area contributed by atoms with Crippen molar-refractivity contribution in [3.05, 3.63) is 47.8 Å². The van der Waals surface area contributed by atoms with Gasteiger partial charge in [-0.05, 0) is 12.1 Å². The Labute approximate surface area is 85.8 Å². The van der Waals surface area contributed by atoms with Crippen molar-refractivity contribution in [2.75, 3.05) is 0 Å². The first kappa shape index (κ1) is 13.0. The summed E-state index contributed by atoms with van der Waals surface area (Å²) in [6, 6.07) is 0.511. The zero-order valence-electron chi connectivity index (χ0n) is 7.14. The summed E-state index contributed by atoms with van der Waals surface area (Å²) in [5.41, 5.74) is 4.81. The van der Waals surface area contributed by atoms with Gasteiger partial charge < -0.3 is 5.73 Å². The Hall–Kier alpha value is -1.00. The Balaban J connectivity index is 0.00000169. The Morgan fingerprint density at radius 1 is 1.21 bits per heavy atom. The molecule has 0 bridgehead atoms. The lowest BCUT2D eigenvalue weighted by Gasteiger charge is -2.09. The summed E-state index contributed by atoms with van der Waals surface area (Å²) in [4.78, 5) is 0. The second-order valence-electron chi connectivity index (χ2n) is 2.52. The molecule has 0 amide bonds. The average molecular weight is 224 g/mol. The minimum atomic E-state index is -1.26. The number of nitrogens with two attached hydrogens (primary N) is 1. The van der Waals surface area contributed by atoms with E-state index in [2.05, 4.69) is 6.58 Å². The van der Waals surface area contributed by atoms with Crippen LogP contribution in [-0.2, 0) is 0 Å². The lowest BCUT2D eigenvalue weighted by molar-refractivity contribution is 0.474. The van der Waals surface area contributed by atoms with Crippen molar-refractivity contribution in [1.82, 2.24) is 0 Å². The van der Waals surface area contributed by atoms with Crippen molar-refractivity contribution in [1.29, 1.82) is 0 Å². The Kier molecular flexibility index (Phi) is 4.67. The molecule has 0 aromatic heterocycles. The van der Waals surface area contributed by atoms with E-state index >= 15 is 0 Å². The second-order valence-corrected chi connectivity index (χ2v) is 2.52. The van der Waals surface area contributed by atoms with Gasteiger partial charge in [0.1, 0.15) is 5.82 Å². The SMILES string of the molecule is C=C[C@H](N)c1c(F)ccc(F)c1F.Cl. The van der Waals surface area contributed by atoms with Gasteiger partial charge in [0.25, 0.3) is 0 Å². The molecule has 1 aromatic rings. The lowest BCUT2D eigenvalue weighted by atomic mass is 10.1. The van der Waals surface area contributed by atoms with E-state index < -0.39 is 29.1 Å². The van der Waals surface area contributed by atoms with Gasteiger partial charge in [-0.3, -0.25) is 0 Å². The highest BCUT2D eigenvalue weighted by molar-refractivity contribution is 5.85. The number of rotatable bonds is 2. The van der Waals surface area contributed by atoms with Crippen LogP contribution < -0.4 is 5.73 Å². The van der Waals surface area contributed by atoms with E-state index in [1.54, 1.807) is 0 Å². The third kappa shape index (κ3) is 2.27. The molecule has 0 heterocycles. The molecule has 0 radical (unpaired) electrons. The maximum Gasteiger partial charge on any atom is 0.166 e. The van der Waals surface area contributed by atoms with E-state index in [0.29, 0.717) is 6.07 Å². The van der Waals surface area contributed by atoms with Gasteiger partial charge in [-0.2, -0.15) is 0 Å². The fourth-order valence-electron chi connectivity index (χ4n) is 0.966. The molecule has 2 N–H and O–H groups in total. The van der Waals surface area contributed by atoms with Crippen LogP contribution in [0.2, 0.25) is 0 Å². The fourth-order valence-corrected chi connectivity index (χ4v) is 0.966. The summed E-state index contributed by atoms with van der Waals surface area (Å²) in [6.45, 7) is 3.27. The van der Waals surface area contributed by atoms with E-state index in [9.17, 15) is 13.2 Å². The van der Waals surface area contributed by atoms with Crippen LogP contribution in [0.1, 0.15) is 11.6 Å². The highest BCUT2D eigenvalue weighted by atomic mass is 35.5. The number of hydrogen-bond acceptors (Lipinski definition) is 1. The lowest BCUT2D eigenvalue weighted by Crippen LogP contribution is -2.12. The minimum Gasteiger partial charge on any atom is -0.321 e. The van der Waals surface area contributed by atoms with Crippen molar-refractivity contribution in [3.8, 4) is 0 Å². The smallest absolute Gasteiger partial charge is 0.166 e. The normalized spacial score (nSPS) is 11.7. The van der Waals surface area contributed by atoms with Crippen molar-refractivity contribution in [3.63, 3.8) is 0 Å². The summed E-state index contributed by atoms with van der Waals surface area (Å²) in [6.07, 6.45) is 1.14. The molecule has 1 rings (SSSR count). The minimum absolute atomic E-state index is 0. The second kappa shape index (κ2) is 5.02. The molecule has 14 heavy (non-hydrogen) atoms. The van der Waals surface area contributed by atoms with Crippen LogP contribution in [0.25, 0.3) is 0 Å². The molecule has 0 unspecified atom stereocenters. The molecule has 0 aliphatic carbocycles. The molecule has 0 saturated carbocycles. The third-order valence-corrected chi connectivity index (χ3v) is 1.67. The molecule has 5 heteroatoms. The monoisotopic (exact) mass is 223 g/mol. The molecular weight excluding hydrogens is 215 g/mol. The highest BCUT2D eigenvalue weighted by Gasteiger charge is 2.17. The standard InChI is InChI=1S/C9H8F3N.ClH/c1-2-7(13)8-5(10)3-4-6(11)9(8)12;/h2-4,7H,1,13H2;1H/t7-;/m0./s1. The zero-order chi connectivity index (χ0) is 10.0. The van der Waals surface area contributed by atoms with E-state index in [1.807, 2.05) is 0 Å². The molecule has 78 valence electrons. The van der Waals surface area contributed by atoms with Crippen molar-refractivity contribution in [2.45, 2.75) is 6.04 Å². The topological polar surface area (TPSA) is 26.0 Å². The largest absolute Gasteiger partial charge is 0.321 e. The van der Waals surface area contributed by atoms with Crippen LogP contribution in [0.3, 0.4) is 0 Å². The zero-order valence-corrected chi connectivity index (χ0v) is 7.95. The molecule has 0 saturated heterocycles. The van der Waals surface area contributed by atoms with Gasteiger partial charge in [0.05, 0.1) is 6.04 Å². The van der Waals surface area contributed by atoms with Gasteiger partial charge in [0.15, 0.2) is 11.6 Å². The summed E-state index contributed by atoms with van der Waals surface area (Å²) < 4.78 is 38.5. The first-order valence-electron chi connectivity index (χ1n) is 3.59. The predicted molar refractivity (Wildman–Crippen MR) is 50.7 cm³/mol. The van der Waals surface area contributed by atoms with Crippen LogP contribution >= 0.6 is 12.4 Å². The summed E-state index contributed by atoms with van der Waals surface area (Å²) in [7, 11) is 0. The fraction of sp³-hybridized carbons (Fsp3) is 0.111. The van der Waals surface area contributed by atoms with Gasteiger partial charge >= 0.3 is 0 Å². The van der Waals surface area contributed by atoms with Crippen molar-refractivity contribution >= 4 is 12.4 Å². The summed E-state index contributed by atoms with van der Waals surface area (Å²) >= 11 is 0. The maximum absolute atomic E-state index is 13.0. The quantitative estimate of drug-likeness (QED) is 0.606. The first-order chi connectivity index (χ1) is 6.07. The molecule has 0 aliphatic heterocycles. The molecule has 0 aliphatic rings. The molecule has 1 atom stereocenters. The van der Waals surface area contributed by atoms with Crippen LogP contribution in [0.4, 0.5) is 13.2 Å². The van der Waals surface area contributed by atoms with Gasteiger partial charge in [0, 0.05) is 5.56 Å².